The van der Waals surface area contributed by atoms with Gasteiger partial charge in [0.15, 0.2) is 11.6 Å². The third-order valence-corrected chi connectivity index (χ3v) is 15.6. The molecule has 1 amide bonds. The molecule has 352 valence electrons. The van der Waals surface area contributed by atoms with Gasteiger partial charge in [0.25, 0.3) is 10.0 Å². The molecule has 18 heteroatoms. The molecule has 3 aromatic heterocycles. The van der Waals surface area contributed by atoms with Gasteiger partial charge in [0, 0.05) is 42.7 Å². The van der Waals surface area contributed by atoms with Crippen LogP contribution < -0.4 is 9.64 Å². The molecule has 0 radical (unpaired) electrons. The third kappa shape index (κ3) is 7.97. The number of halogens is 2. The molecular weight excluding hydrogens is 893 g/mol. The highest BCUT2D eigenvalue weighted by atomic mass is 32.2. The number of amides is 1. The largest absolute Gasteiger partial charge is 0.461 e. The minimum atomic E-state index is -3.88. The van der Waals surface area contributed by atoms with Crippen molar-refractivity contribution in [3.05, 3.63) is 95.7 Å². The van der Waals surface area contributed by atoms with Crippen molar-refractivity contribution in [1.82, 2.24) is 38.9 Å². The highest BCUT2D eigenvalue weighted by Crippen LogP contribution is 2.43. The average Bonchev–Trinajstić information content (AvgIpc) is 3.59. The molecule has 7 heterocycles. The van der Waals surface area contributed by atoms with Crippen LogP contribution in [0.25, 0.3) is 32.9 Å². The maximum Gasteiger partial charge on any atom is 0.410 e. The lowest BCUT2D eigenvalue weighted by molar-refractivity contribution is 0.0122. The van der Waals surface area contributed by atoms with Crippen molar-refractivity contribution in [2.45, 2.75) is 112 Å². The standard InChI is InChI=1S/C50H51F2N9O6S/c1-5-37-40(51)19-14-31-8-6-9-38(41(31)37)43-42(52)44-39(23-53-43)46(58-24-33-15-16-34(25-58)61(33)48(62)67-49(2,3)4)56-47(55-44)66-28-50-20-7-21-59(50)26-35(22-50)65-27-30-10-17-36(18-11-30)68(63,64)60-29-54-45(57-60)32-12-13-32/h1,6,8-11,14,17-19,23,29,32-35H,7,12-13,15-16,20-22,24-28H2,2-4H3/t33-,34+,35-,50-/m0/s1. The summed E-state index contributed by atoms with van der Waals surface area (Å²) in [4.78, 5) is 38.4. The van der Waals surface area contributed by atoms with Gasteiger partial charge in [-0.05, 0) is 101 Å². The number of benzene rings is 3. The summed E-state index contributed by atoms with van der Waals surface area (Å²) in [7, 11) is -3.88. The van der Waals surface area contributed by atoms with Gasteiger partial charge in [-0.1, -0.05) is 42.3 Å². The Morgan fingerprint density at radius 3 is 2.49 bits per heavy atom. The van der Waals surface area contributed by atoms with Crippen LogP contribution in [-0.2, 0) is 26.1 Å². The topological polar surface area (TPSA) is 158 Å². The first-order valence-corrected chi connectivity index (χ1v) is 24.7. The summed E-state index contributed by atoms with van der Waals surface area (Å²) in [5, 5.41) is 5.59. The van der Waals surface area contributed by atoms with E-state index in [0.29, 0.717) is 59.4 Å². The first-order chi connectivity index (χ1) is 32.7. The summed E-state index contributed by atoms with van der Waals surface area (Å²) >= 11 is 0. The van der Waals surface area contributed by atoms with Crippen LogP contribution in [0.1, 0.15) is 88.6 Å². The van der Waals surface area contributed by atoms with Gasteiger partial charge in [0.1, 0.15) is 41.4 Å². The lowest BCUT2D eigenvalue weighted by Gasteiger charge is -2.42. The predicted octanol–water partition coefficient (Wildman–Crippen LogP) is 7.60. The van der Waals surface area contributed by atoms with E-state index in [4.69, 9.17) is 30.6 Å². The Hall–Kier alpha value is -6.29. The van der Waals surface area contributed by atoms with Gasteiger partial charge in [-0.2, -0.15) is 18.4 Å². The van der Waals surface area contributed by atoms with Crippen LogP contribution >= 0.6 is 0 Å². The number of piperazine rings is 1. The van der Waals surface area contributed by atoms with E-state index >= 15 is 8.78 Å². The molecule has 3 aromatic carbocycles. The molecule has 11 rings (SSSR count). The molecule has 4 saturated heterocycles. The number of terminal acetylenes is 1. The number of carbonyl (C=O) groups excluding carboxylic acids is 1. The second-order valence-electron chi connectivity index (χ2n) is 19.8. The van der Waals surface area contributed by atoms with Crippen molar-refractivity contribution in [3.63, 3.8) is 0 Å². The summed E-state index contributed by atoms with van der Waals surface area (Å²) in [5.74, 6) is 2.36. The van der Waals surface area contributed by atoms with Crippen LogP contribution in [0.3, 0.4) is 0 Å². The minimum absolute atomic E-state index is 0.00552. The molecule has 6 aromatic rings. The summed E-state index contributed by atoms with van der Waals surface area (Å²) in [6, 6.07) is 14.4. The Kier molecular flexibility index (Phi) is 10.9. The smallest absolute Gasteiger partial charge is 0.410 e. The number of pyridine rings is 1. The molecule has 0 spiro atoms. The van der Waals surface area contributed by atoms with Crippen molar-refractivity contribution in [2.75, 3.05) is 37.7 Å². The molecular formula is C50H51F2N9O6S. The number of ether oxygens (including phenoxy) is 3. The van der Waals surface area contributed by atoms with E-state index in [-0.39, 0.29) is 71.1 Å². The molecule has 0 unspecified atom stereocenters. The number of hydrogen-bond donors (Lipinski definition) is 0. The Morgan fingerprint density at radius 2 is 1.75 bits per heavy atom. The predicted molar refractivity (Wildman–Crippen MR) is 248 cm³/mol. The Morgan fingerprint density at radius 1 is 0.971 bits per heavy atom. The molecule has 4 atom stereocenters. The normalized spacial score (nSPS) is 22.8. The quantitative estimate of drug-likeness (QED) is 0.117. The highest BCUT2D eigenvalue weighted by Gasteiger charge is 2.50. The summed E-state index contributed by atoms with van der Waals surface area (Å²) in [6.07, 6.45) is 14.1. The van der Waals surface area contributed by atoms with Gasteiger partial charge in [-0.25, -0.2) is 18.6 Å². The van der Waals surface area contributed by atoms with Crippen molar-refractivity contribution < 1.29 is 36.2 Å². The summed E-state index contributed by atoms with van der Waals surface area (Å²) < 4.78 is 78.8. The van der Waals surface area contributed by atoms with E-state index in [9.17, 15) is 13.2 Å². The zero-order valence-corrected chi connectivity index (χ0v) is 38.9. The van der Waals surface area contributed by atoms with Crippen molar-refractivity contribution in [3.8, 4) is 29.6 Å². The van der Waals surface area contributed by atoms with E-state index in [1.807, 2.05) is 25.7 Å². The van der Waals surface area contributed by atoms with Crippen LogP contribution in [0.5, 0.6) is 6.01 Å². The van der Waals surface area contributed by atoms with Crippen LogP contribution in [0, 0.1) is 24.0 Å². The van der Waals surface area contributed by atoms with Gasteiger partial charge >= 0.3 is 12.1 Å². The number of hydrogen-bond acceptors (Lipinski definition) is 13. The molecule has 1 aliphatic carbocycles. The molecule has 2 bridgehead atoms. The lowest BCUT2D eigenvalue weighted by atomic mass is 9.94. The Balaban J connectivity index is 0.862. The minimum Gasteiger partial charge on any atom is -0.461 e. The molecule has 5 aliphatic rings. The molecule has 1 saturated carbocycles. The fourth-order valence-corrected chi connectivity index (χ4v) is 11.7. The molecule has 15 nitrogen and oxygen atoms in total. The van der Waals surface area contributed by atoms with Gasteiger partial charge in [0.05, 0.1) is 46.2 Å². The van der Waals surface area contributed by atoms with Crippen LogP contribution in [-0.4, -0.2) is 116 Å². The van der Waals surface area contributed by atoms with E-state index in [2.05, 4.69) is 30.8 Å². The van der Waals surface area contributed by atoms with Crippen LogP contribution in [0.15, 0.2) is 72.0 Å². The van der Waals surface area contributed by atoms with Crippen LogP contribution in [0.4, 0.5) is 19.4 Å². The SMILES string of the molecule is C#Cc1c(F)ccc2cccc(-c3ncc4c(N5C[C@H]6CC[C@@H](C5)N6C(=O)OC(C)(C)C)nc(OC[C@@]56CCCN5C[C@@H](OCc5ccc(S(=O)(=O)n7cnc(C8CC8)n7)cc5)C6)nc4c3F)c12. The van der Waals surface area contributed by atoms with E-state index in [1.54, 1.807) is 54.7 Å². The monoisotopic (exact) mass is 943 g/mol. The maximum absolute atomic E-state index is 17.4. The second kappa shape index (κ2) is 16.7. The molecule has 68 heavy (non-hydrogen) atoms. The maximum atomic E-state index is 17.4. The number of carbonyl (C=O) groups is 1. The van der Waals surface area contributed by atoms with E-state index < -0.39 is 32.8 Å². The zero-order chi connectivity index (χ0) is 47.1. The van der Waals surface area contributed by atoms with Crippen molar-refractivity contribution in [1.29, 1.82) is 0 Å². The summed E-state index contributed by atoms with van der Waals surface area (Å²) in [6.45, 7) is 8.44. The zero-order valence-electron chi connectivity index (χ0n) is 38.1. The first kappa shape index (κ1) is 44.2. The Bertz CT molecular complexity index is 3120. The molecule has 4 aliphatic heterocycles. The van der Waals surface area contributed by atoms with Crippen LogP contribution in [0.2, 0.25) is 0 Å². The number of fused-ring (bicyclic) bond motifs is 5. The number of nitrogens with zero attached hydrogens (tertiary/aromatic N) is 9. The fourth-order valence-electron chi connectivity index (χ4n) is 10.7. The number of rotatable bonds is 11. The first-order valence-electron chi connectivity index (χ1n) is 23.2. The van der Waals surface area contributed by atoms with Crippen molar-refractivity contribution in [2.24, 2.45) is 0 Å². The van der Waals surface area contributed by atoms with Crippen molar-refractivity contribution >= 4 is 43.6 Å². The van der Waals surface area contributed by atoms with Gasteiger partial charge in [0.2, 0.25) is 0 Å². The molecule has 0 N–H and O–H groups in total. The highest BCUT2D eigenvalue weighted by molar-refractivity contribution is 7.89. The second-order valence-corrected chi connectivity index (χ2v) is 21.6. The number of anilines is 1. The van der Waals surface area contributed by atoms with Gasteiger partial charge < -0.3 is 19.1 Å². The van der Waals surface area contributed by atoms with E-state index in [0.717, 1.165) is 54.7 Å². The third-order valence-electron chi connectivity index (χ3n) is 14.1. The fraction of sp³-hybridized carbons (Fsp3) is 0.440. The van der Waals surface area contributed by atoms with E-state index in [1.165, 1.54) is 12.4 Å². The lowest BCUT2D eigenvalue weighted by Crippen LogP contribution is -2.57. The molecule has 5 fully saturated rings. The Labute approximate surface area is 392 Å². The number of aromatic nitrogens is 6. The average molecular weight is 944 g/mol. The summed E-state index contributed by atoms with van der Waals surface area (Å²) in [5.41, 5.74) is 0.0740. The van der Waals surface area contributed by atoms with Gasteiger partial charge in [-0.3, -0.25) is 14.8 Å². The van der Waals surface area contributed by atoms with Gasteiger partial charge in [-0.15, -0.1) is 15.6 Å².